The number of carbonyl (C=O) groups excluding carboxylic acids is 1. The Morgan fingerprint density at radius 3 is 2.32 bits per heavy atom. The molecule has 4 aromatic rings. The van der Waals surface area contributed by atoms with E-state index in [1.165, 1.54) is 4.90 Å². The topological polar surface area (TPSA) is 68.5 Å². The highest BCUT2D eigenvalue weighted by molar-refractivity contribution is 6.05. The van der Waals surface area contributed by atoms with Crippen LogP contribution in [0.3, 0.4) is 0 Å². The maximum Gasteiger partial charge on any atom is 0.306 e. The van der Waals surface area contributed by atoms with Crippen LogP contribution in [-0.4, -0.2) is 23.2 Å². The van der Waals surface area contributed by atoms with Crippen LogP contribution < -0.4 is 9.64 Å². The Labute approximate surface area is 180 Å². The number of rotatable bonds is 5. The van der Waals surface area contributed by atoms with Crippen molar-refractivity contribution < 1.29 is 14.1 Å². The summed E-state index contributed by atoms with van der Waals surface area (Å²) in [6, 6.07) is 26.1. The van der Waals surface area contributed by atoms with Crippen LogP contribution in [0.2, 0.25) is 0 Å². The van der Waals surface area contributed by atoms with Gasteiger partial charge in [0, 0.05) is 17.0 Å². The molecular formula is C25H19N3O3. The second kappa shape index (κ2) is 9.42. The van der Waals surface area contributed by atoms with Crippen LogP contribution in [0.1, 0.15) is 11.1 Å². The average molecular weight is 409 g/mol. The first-order chi connectivity index (χ1) is 15.2. The maximum absolute atomic E-state index is 13.0. The summed E-state index contributed by atoms with van der Waals surface area (Å²) in [5.74, 6) is 6.36. The Bertz CT molecular complexity index is 1210. The zero-order valence-electron chi connectivity index (χ0n) is 16.9. The highest BCUT2D eigenvalue weighted by Crippen LogP contribution is 2.22. The van der Waals surface area contributed by atoms with E-state index in [1.54, 1.807) is 7.11 Å². The third-order valence-electron chi connectivity index (χ3n) is 4.51. The monoisotopic (exact) mass is 409 g/mol. The summed E-state index contributed by atoms with van der Waals surface area (Å²) in [6.07, 6.45) is 0. The lowest BCUT2D eigenvalue weighted by atomic mass is 10.2. The molecule has 0 aliphatic heterocycles. The Morgan fingerprint density at radius 1 is 0.968 bits per heavy atom. The first kappa shape index (κ1) is 19.9. The van der Waals surface area contributed by atoms with Crippen LogP contribution in [0.15, 0.2) is 89.5 Å². The lowest BCUT2D eigenvalue weighted by molar-refractivity contribution is -0.113. The van der Waals surface area contributed by atoms with Crippen LogP contribution in [0.25, 0.3) is 11.5 Å². The number of ether oxygens (including phenoxy) is 1. The van der Waals surface area contributed by atoms with Crippen molar-refractivity contribution in [3.63, 3.8) is 0 Å². The van der Waals surface area contributed by atoms with Gasteiger partial charge in [-0.3, -0.25) is 9.69 Å². The molecule has 31 heavy (non-hydrogen) atoms. The molecule has 0 N–H and O–H groups in total. The highest BCUT2D eigenvalue weighted by Gasteiger charge is 2.21. The van der Waals surface area contributed by atoms with E-state index in [4.69, 9.17) is 9.26 Å². The van der Waals surface area contributed by atoms with Gasteiger partial charge in [0.1, 0.15) is 5.75 Å². The summed E-state index contributed by atoms with van der Waals surface area (Å²) in [5.41, 5.74) is 2.40. The smallest absolute Gasteiger partial charge is 0.306 e. The minimum absolute atomic E-state index is 0.155. The third-order valence-corrected chi connectivity index (χ3v) is 4.51. The number of carbonyl (C=O) groups is 1. The van der Waals surface area contributed by atoms with E-state index in [-0.39, 0.29) is 12.5 Å². The van der Waals surface area contributed by atoms with Gasteiger partial charge in [-0.05, 0) is 47.1 Å². The van der Waals surface area contributed by atoms with Gasteiger partial charge in [-0.1, -0.05) is 54.5 Å². The standard InChI is InChI=1S/C25H19N3O3/c1-30-22-15-12-20(13-16-22)18-28(23(29)17-14-19-8-4-2-5-9-19)25-26-24(31-27-25)21-10-6-3-7-11-21/h2-13,15-16H,18H2,1H3. The second-order valence-electron chi connectivity index (χ2n) is 6.62. The van der Waals surface area contributed by atoms with Crippen molar-refractivity contribution in [2.24, 2.45) is 0 Å². The largest absolute Gasteiger partial charge is 0.497 e. The number of hydrogen-bond acceptors (Lipinski definition) is 5. The number of amides is 1. The highest BCUT2D eigenvalue weighted by atomic mass is 16.5. The van der Waals surface area contributed by atoms with Gasteiger partial charge in [-0.25, -0.2) is 0 Å². The second-order valence-corrected chi connectivity index (χ2v) is 6.62. The van der Waals surface area contributed by atoms with Crippen molar-refractivity contribution in [2.75, 3.05) is 12.0 Å². The number of nitrogens with zero attached hydrogens (tertiary/aromatic N) is 3. The minimum atomic E-state index is -0.430. The molecule has 0 fully saturated rings. The van der Waals surface area contributed by atoms with Crippen LogP contribution in [0.4, 0.5) is 5.95 Å². The van der Waals surface area contributed by atoms with Crippen molar-refractivity contribution in [2.45, 2.75) is 6.54 Å². The van der Waals surface area contributed by atoms with Crippen LogP contribution in [-0.2, 0) is 11.3 Å². The van der Waals surface area contributed by atoms with Crippen LogP contribution >= 0.6 is 0 Å². The average Bonchev–Trinajstić information content (AvgIpc) is 3.32. The Hall–Kier alpha value is -4.37. The van der Waals surface area contributed by atoms with E-state index >= 15 is 0 Å². The first-order valence-electron chi connectivity index (χ1n) is 9.63. The molecule has 1 heterocycles. The lowest BCUT2D eigenvalue weighted by Gasteiger charge is -2.15. The number of benzene rings is 3. The summed E-state index contributed by atoms with van der Waals surface area (Å²) >= 11 is 0. The molecule has 6 nitrogen and oxygen atoms in total. The van der Waals surface area contributed by atoms with Crippen molar-refractivity contribution in [1.29, 1.82) is 0 Å². The lowest BCUT2D eigenvalue weighted by Crippen LogP contribution is -2.30. The summed E-state index contributed by atoms with van der Waals surface area (Å²) in [7, 11) is 1.61. The summed E-state index contributed by atoms with van der Waals surface area (Å²) in [4.78, 5) is 18.8. The first-order valence-corrected chi connectivity index (χ1v) is 9.63. The zero-order chi connectivity index (χ0) is 21.5. The SMILES string of the molecule is COc1ccc(CN(C(=O)C#Cc2ccccc2)c2noc(-c3ccccc3)n2)cc1. The molecule has 1 aromatic heterocycles. The normalized spacial score (nSPS) is 10.1. The van der Waals surface area contributed by atoms with E-state index in [2.05, 4.69) is 22.0 Å². The van der Waals surface area contributed by atoms with Gasteiger partial charge in [-0.15, -0.1) is 0 Å². The molecule has 0 atom stereocenters. The predicted octanol–water partition coefficient (Wildman–Crippen LogP) is 4.33. The fraction of sp³-hybridized carbons (Fsp3) is 0.0800. The quantitative estimate of drug-likeness (QED) is 0.459. The van der Waals surface area contributed by atoms with Gasteiger partial charge < -0.3 is 9.26 Å². The molecule has 0 saturated carbocycles. The van der Waals surface area contributed by atoms with Gasteiger partial charge >= 0.3 is 5.91 Å². The van der Waals surface area contributed by atoms with Gasteiger partial charge in [0.05, 0.1) is 13.7 Å². The molecule has 4 rings (SSSR count). The molecule has 0 radical (unpaired) electrons. The molecule has 0 aliphatic rings. The predicted molar refractivity (Wildman–Crippen MR) is 117 cm³/mol. The van der Waals surface area contributed by atoms with Crippen LogP contribution in [0.5, 0.6) is 5.75 Å². The van der Waals surface area contributed by atoms with E-state index in [0.29, 0.717) is 5.89 Å². The molecule has 0 aliphatic carbocycles. The van der Waals surface area contributed by atoms with Crippen molar-refractivity contribution in [3.8, 4) is 29.0 Å². The van der Waals surface area contributed by atoms with E-state index in [1.807, 2.05) is 84.9 Å². The summed E-state index contributed by atoms with van der Waals surface area (Å²) in [6.45, 7) is 0.236. The van der Waals surface area contributed by atoms with Crippen molar-refractivity contribution >= 4 is 11.9 Å². The van der Waals surface area contributed by atoms with Gasteiger partial charge in [0.15, 0.2) is 0 Å². The zero-order valence-corrected chi connectivity index (χ0v) is 16.9. The summed E-state index contributed by atoms with van der Waals surface area (Å²) < 4.78 is 10.6. The molecular weight excluding hydrogens is 390 g/mol. The molecule has 0 unspecified atom stereocenters. The molecule has 0 saturated heterocycles. The number of hydrogen-bond donors (Lipinski definition) is 0. The minimum Gasteiger partial charge on any atom is -0.497 e. The van der Waals surface area contributed by atoms with Crippen molar-refractivity contribution in [3.05, 3.63) is 96.1 Å². The number of methoxy groups -OCH3 is 1. The van der Waals surface area contributed by atoms with Crippen LogP contribution in [0, 0.1) is 11.8 Å². The van der Waals surface area contributed by atoms with E-state index in [9.17, 15) is 4.79 Å². The molecule has 1 amide bonds. The number of anilines is 1. The fourth-order valence-electron chi connectivity index (χ4n) is 2.88. The fourth-order valence-corrected chi connectivity index (χ4v) is 2.88. The molecule has 6 heteroatoms. The Kier molecular flexibility index (Phi) is 6.05. The van der Waals surface area contributed by atoms with Gasteiger partial charge in [0.2, 0.25) is 0 Å². The molecule has 0 bridgehead atoms. The van der Waals surface area contributed by atoms with Gasteiger partial charge in [-0.2, -0.15) is 4.98 Å². The van der Waals surface area contributed by atoms with E-state index < -0.39 is 5.91 Å². The number of aromatic nitrogens is 2. The van der Waals surface area contributed by atoms with E-state index in [0.717, 1.165) is 22.4 Å². The molecule has 0 spiro atoms. The van der Waals surface area contributed by atoms with Crippen molar-refractivity contribution in [1.82, 2.24) is 10.1 Å². The van der Waals surface area contributed by atoms with Gasteiger partial charge in [0.25, 0.3) is 11.8 Å². The third kappa shape index (κ3) is 4.98. The summed E-state index contributed by atoms with van der Waals surface area (Å²) in [5, 5.41) is 4.03. The molecule has 152 valence electrons. The molecule has 3 aromatic carbocycles. The Balaban J connectivity index is 1.64. The Morgan fingerprint density at radius 2 is 1.65 bits per heavy atom. The maximum atomic E-state index is 13.0.